The van der Waals surface area contributed by atoms with Gasteiger partial charge in [-0.15, -0.1) is 0 Å². The average Bonchev–Trinajstić information content (AvgIpc) is 3.10. The fourth-order valence-electron chi connectivity index (χ4n) is 3.77. The minimum absolute atomic E-state index is 0.0140. The predicted octanol–water partition coefficient (Wildman–Crippen LogP) is 2.98. The van der Waals surface area contributed by atoms with Crippen molar-refractivity contribution in [2.75, 3.05) is 38.6 Å². The Hall–Kier alpha value is -2.38. The molecular weight excluding hydrogens is 386 g/mol. The number of carbonyl (C=O) groups excluding carboxylic acids is 1. The van der Waals surface area contributed by atoms with Crippen LogP contribution in [0.2, 0.25) is 0 Å². The third kappa shape index (κ3) is 4.31. The monoisotopic (exact) mass is 415 g/mol. The van der Waals surface area contributed by atoms with Gasteiger partial charge in [-0.3, -0.25) is 4.79 Å². The summed E-state index contributed by atoms with van der Waals surface area (Å²) < 4.78 is 27.1. The molecule has 0 fully saturated rings. The molecule has 0 unspecified atom stereocenters. The number of carbonyl (C=O) groups is 1. The van der Waals surface area contributed by atoms with Gasteiger partial charge in [-0.1, -0.05) is 26.0 Å². The Morgan fingerprint density at radius 3 is 2.45 bits per heavy atom. The highest BCUT2D eigenvalue weighted by molar-refractivity contribution is 7.89. The molecule has 0 aromatic heterocycles. The minimum Gasteiger partial charge on any atom is -0.367 e. The summed E-state index contributed by atoms with van der Waals surface area (Å²) in [5.74, 6) is -0.0140. The van der Waals surface area contributed by atoms with Gasteiger partial charge in [0.2, 0.25) is 10.0 Å². The van der Waals surface area contributed by atoms with E-state index in [1.807, 2.05) is 50.2 Å². The van der Waals surface area contributed by atoms with Gasteiger partial charge in [0.05, 0.1) is 4.90 Å². The number of benzene rings is 2. The van der Waals surface area contributed by atoms with Crippen LogP contribution >= 0.6 is 0 Å². The van der Waals surface area contributed by atoms with E-state index in [0.717, 1.165) is 29.8 Å². The Balaban J connectivity index is 1.83. The highest BCUT2D eigenvalue weighted by Gasteiger charge is 2.26. The molecule has 0 N–H and O–H groups in total. The first-order valence-corrected chi connectivity index (χ1v) is 11.4. The number of rotatable bonds is 7. The lowest BCUT2D eigenvalue weighted by Gasteiger charge is -2.21. The highest BCUT2D eigenvalue weighted by atomic mass is 32.2. The largest absolute Gasteiger partial charge is 0.367 e. The Morgan fingerprint density at radius 1 is 1.07 bits per heavy atom. The average molecular weight is 416 g/mol. The van der Waals surface area contributed by atoms with Crippen LogP contribution in [0.1, 0.15) is 35.3 Å². The van der Waals surface area contributed by atoms with Crippen LogP contribution in [-0.2, 0) is 23.0 Å². The molecule has 1 aliphatic rings. The maximum absolute atomic E-state index is 12.8. The fourth-order valence-corrected chi connectivity index (χ4v) is 5.27. The van der Waals surface area contributed by atoms with E-state index in [1.165, 1.54) is 4.31 Å². The van der Waals surface area contributed by atoms with Crippen LogP contribution in [0, 0.1) is 0 Å². The molecule has 156 valence electrons. The van der Waals surface area contributed by atoms with Gasteiger partial charge >= 0.3 is 0 Å². The molecule has 0 atom stereocenters. The Kier molecular flexibility index (Phi) is 6.29. The van der Waals surface area contributed by atoms with Crippen LogP contribution in [0.4, 0.5) is 5.69 Å². The third-order valence-electron chi connectivity index (χ3n) is 5.34. The summed E-state index contributed by atoms with van der Waals surface area (Å²) in [5.41, 5.74) is 3.85. The van der Waals surface area contributed by atoms with Crippen molar-refractivity contribution >= 4 is 21.6 Å². The molecule has 7 heteroatoms. The number of anilines is 1. The zero-order chi connectivity index (χ0) is 21.2. The lowest BCUT2D eigenvalue weighted by Crippen LogP contribution is -2.30. The van der Waals surface area contributed by atoms with E-state index in [9.17, 15) is 13.2 Å². The number of sulfonamides is 1. The van der Waals surface area contributed by atoms with Crippen LogP contribution in [0.15, 0.2) is 47.4 Å². The van der Waals surface area contributed by atoms with Crippen molar-refractivity contribution < 1.29 is 13.2 Å². The Morgan fingerprint density at radius 2 is 1.79 bits per heavy atom. The molecule has 0 radical (unpaired) electrons. The van der Waals surface area contributed by atoms with E-state index >= 15 is 0 Å². The van der Waals surface area contributed by atoms with E-state index in [-0.39, 0.29) is 5.91 Å². The molecule has 0 spiro atoms. The topological polar surface area (TPSA) is 60.9 Å². The second-order valence-electron chi connectivity index (χ2n) is 7.45. The van der Waals surface area contributed by atoms with Gasteiger partial charge in [0.1, 0.15) is 0 Å². The van der Waals surface area contributed by atoms with Crippen LogP contribution < -0.4 is 4.90 Å². The standard InChI is InChI=1S/C22H29N3O3S/c1-5-25(6-2)29(27,28)20-10-11-21-18(15-20)12-13-24(21)16-17-8-7-9-19(14-17)22(26)23(3)4/h7-11,14-15H,5-6,12-13,16H2,1-4H3. The van der Waals surface area contributed by atoms with Crippen molar-refractivity contribution in [2.24, 2.45) is 0 Å². The summed E-state index contributed by atoms with van der Waals surface area (Å²) in [6.07, 6.45) is 0.813. The Labute approximate surface area is 173 Å². The van der Waals surface area contributed by atoms with Gasteiger partial charge < -0.3 is 9.80 Å². The van der Waals surface area contributed by atoms with Crippen molar-refractivity contribution in [1.82, 2.24) is 9.21 Å². The van der Waals surface area contributed by atoms with Crippen LogP contribution in [0.3, 0.4) is 0 Å². The normalized spacial score (nSPS) is 13.6. The molecule has 2 aromatic rings. The predicted molar refractivity (Wildman–Crippen MR) is 116 cm³/mol. The molecule has 2 aromatic carbocycles. The molecule has 0 saturated carbocycles. The summed E-state index contributed by atoms with van der Waals surface area (Å²) in [7, 11) is 0.0414. The van der Waals surface area contributed by atoms with Gasteiger partial charge in [-0.05, 0) is 47.9 Å². The van der Waals surface area contributed by atoms with Crippen molar-refractivity contribution in [3.63, 3.8) is 0 Å². The molecule has 1 heterocycles. The summed E-state index contributed by atoms with van der Waals surface area (Å²) in [6.45, 7) is 6.14. The third-order valence-corrected chi connectivity index (χ3v) is 7.39. The van der Waals surface area contributed by atoms with Gasteiger partial charge in [-0.25, -0.2) is 8.42 Å². The molecule has 6 nitrogen and oxygen atoms in total. The van der Waals surface area contributed by atoms with E-state index in [4.69, 9.17) is 0 Å². The summed E-state index contributed by atoms with van der Waals surface area (Å²) in [5, 5.41) is 0. The number of hydrogen-bond donors (Lipinski definition) is 0. The molecule has 1 aliphatic heterocycles. The zero-order valence-corrected chi connectivity index (χ0v) is 18.4. The zero-order valence-electron chi connectivity index (χ0n) is 17.6. The fraction of sp³-hybridized carbons (Fsp3) is 0.409. The first-order chi connectivity index (χ1) is 13.8. The summed E-state index contributed by atoms with van der Waals surface area (Å²) in [6, 6.07) is 13.1. The first kappa shape index (κ1) is 21.3. The Bertz CT molecular complexity index is 998. The molecular formula is C22H29N3O3S. The minimum atomic E-state index is -3.45. The van der Waals surface area contributed by atoms with E-state index in [0.29, 0.717) is 30.1 Å². The number of fused-ring (bicyclic) bond motifs is 1. The molecule has 0 saturated heterocycles. The maximum Gasteiger partial charge on any atom is 0.253 e. The molecule has 1 amide bonds. The lowest BCUT2D eigenvalue weighted by molar-refractivity contribution is 0.0827. The second-order valence-corrected chi connectivity index (χ2v) is 9.39. The van der Waals surface area contributed by atoms with E-state index in [1.54, 1.807) is 25.1 Å². The van der Waals surface area contributed by atoms with Gasteiger partial charge in [0, 0.05) is 51.5 Å². The maximum atomic E-state index is 12.8. The smallest absolute Gasteiger partial charge is 0.253 e. The number of amides is 1. The second kappa shape index (κ2) is 8.55. The number of hydrogen-bond acceptors (Lipinski definition) is 4. The summed E-state index contributed by atoms with van der Waals surface area (Å²) >= 11 is 0. The summed E-state index contributed by atoms with van der Waals surface area (Å²) in [4.78, 5) is 16.4. The van der Waals surface area contributed by atoms with Crippen LogP contribution in [-0.4, -0.2) is 57.3 Å². The van der Waals surface area contributed by atoms with Crippen LogP contribution in [0.25, 0.3) is 0 Å². The first-order valence-electron chi connectivity index (χ1n) is 9.96. The van der Waals surface area contributed by atoms with Gasteiger partial charge in [-0.2, -0.15) is 4.31 Å². The SMILES string of the molecule is CCN(CC)S(=O)(=O)c1ccc2c(c1)CCN2Cc1cccc(C(=O)N(C)C)c1. The molecule has 0 bridgehead atoms. The lowest BCUT2D eigenvalue weighted by atomic mass is 10.1. The van der Waals surface area contributed by atoms with Gasteiger partial charge in [0.15, 0.2) is 0 Å². The molecule has 3 rings (SSSR count). The van der Waals surface area contributed by atoms with Crippen LogP contribution in [0.5, 0.6) is 0 Å². The molecule has 0 aliphatic carbocycles. The van der Waals surface area contributed by atoms with Crippen molar-refractivity contribution in [3.05, 3.63) is 59.2 Å². The van der Waals surface area contributed by atoms with Gasteiger partial charge in [0.25, 0.3) is 5.91 Å². The van der Waals surface area contributed by atoms with Crippen molar-refractivity contribution in [2.45, 2.75) is 31.7 Å². The van der Waals surface area contributed by atoms with E-state index in [2.05, 4.69) is 4.90 Å². The number of nitrogens with zero attached hydrogens (tertiary/aromatic N) is 3. The van der Waals surface area contributed by atoms with Crippen molar-refractivity contribution in [3.8, 4) is 0 Å². The highest BCUT2D eigenvalue weighted by Crippen LogP contribution is 2.32. The molecule has 29 heavy (non-hydrogen) atoms. The quantitative estimate of drug-likeness (QED) is 0.698. The van der Waals surface area contributed by atoms with E-state index < -0.39 is 10.0 Å². The van der Waals surface area contributed by atoms with Crippen molar-refractivity contribution in [1.29, 1.82) is 0 Å².